The monoisotopic (exact) mass is 562 g/mol. The lowest BCUT2D eigenvalue weighted by atomic mass is 10.2. The average molecular weight is 564 g/mol. The van der Waals surface area contributed by atoms with E-state index in [-0.39, 0.29) is 24.1 Å². The van der Waals surface area contributed by atoms with Crippen LogP contribution < -0.4 is 4.74 Å². The van der Waals surface area contributed by atoms with Crippen molar-refractivity contribution in [1.82, 2.24) is 4.90 Å². The predicted molar refractivity (Wildman–Crippen MR) is 136 cm³/mol. The summed E-state index contributed by atoms with van der Waals surface area (Å²) in [5, 5.41) is 0.890. The van der Waals surface area contributed by atoms with Crippen molar-refractivity contribution in [2.75, 3.05) is 6.54 Å². The Bertz CT molecular complexity index is 1260. The van der Waals surface area contributed by atoms with Gasteiger partial charge in [-0.15, -0.1) is 0 Å². The fraction of sp³-hybridized carbons (Fsp3) is 0.120. The van der Waals surface area contributed by atoms with Gasteiger partial charge < -0.3 is 4.74 Å². The van der Waals surface area contributed by atoms with Crippen LogP contribution in [0.15, 0.2) is 75.0 Å². The minimum absolute atomic E-state index is 0.169. The molecule has 0 radical (unpaired) electrons. The Morgan fingerprint density at radius 1 is 1.09 bits per heavy atom. The molecule has 1 aliphatic heterocycles. The Hall–Kier alpha value is -2.68. The number of thioether (sulfide) groups is 1. The SMILES string of the molecule is CCN1C(=O)/C(=C\c2cc(Cl)c(OCc3ccc(F)cc3)c(Br)c2)SC1=Nc1ccc(F)cc1. The Morgan fingerprint density at radius 3 is 2.35 bits per heavy atom. The van der Waals surface area contributed by atoms with Crippen molar-refractivity contribution in [3.8, 4) is 5.75 Å². The summed E-state index contributed by atoms with van der Waals surface area (Å²) in [6, 6.07) is 15.3. The Morgan fingerprint density at radius 2 is 1.74 bits per heavy atom. The maximum Gasteiger partial charge on any atom is 0.266 e. The van der Waals surface area contributed by atoms with E-state index in [0.717, 1.165) is 5.56 Å². The van der Waals surface area contributed by atoms with Crippen molar-refractivity contribution in [3.05, 3.63) is 97.8 Å². The van der Waals surface area contributed by atoms with Crippen molar-refractivity contribution in [1.29, 1.82) is 0 Å². The summed E-state index contributed by atoms with van der Waals surface area (Å²) in [6.45, 7) is 2.54. The summed E-state index contributed by atoms with van der Waals surface area (Å²) in [6.07, 6.45) is 1.74. The second-order valence-corrected chi connectivity index (χ2v) is 9.53. The Balaban J connectivity index is 1.55. The smallest absolute Gasteiger partial charge is 0.266 e. The molecule has 3 aromatic carbocycles. The predicted octanol–water partition coefficient (Wildman–Crippen LogP) is 7.58. The third-order valence-electron chi connectivity index (χ3n) is 4.87. The highest BCUT2D eigenvalue weighted by molar-refractivity contribution is 9.10. The molecule has 1 saturated heterocycles. The first-order valence-electron chi connectivity index (χ1n) is 10.3. The lowest BCUT2D eigenvalue weighted by Crippen LogP contribution is -2.28. The highest BCUT2D eigenvalue weighted by Crippen LogP contribution is 2.38. The van der Waals surface area contributed by atoms with Crippen LogP contribution in [0.2, 0.25) is 5.02 Å². The van der Waals surface area contributed by atoms with Crippen molar-refractivity contribution in [3.63, 3.8) is 0 Å². The molecule has 0 bridgehead atoms. The van der Waals surface area contributed by atoms with Gasteiger partial charge in [0.2, 0.25) is 0 Å². The summed E-state index contributed by atoms with van der Waals surface area (Å²) in [5.41, 5.74) is 2.07. The molecule has 0 aliphatic carbocycles. The second kappa shape index (κ2) is 10.7. The van der Waals surface area contributed by atoms with Crippen LogP contribution in [0.25, 0.3) is 6.08 Å². The highest BCUT2D eigenvalue weighted by atomic mass is 79.9. The van der Waals surface area contributed by atoms with E-state index in [1.807, 2.05) is 6.92 Å². The van der Waals surface area contributed by atoms with E-state index in [0.29, 0.717) is 43.1 Å². The summed E-state index contributed by atoms with van der Waals surface area (Å²) in [7, 11) is 0. The first kappa shape index (κ1) is 24.4. The van der Waals surface area contributed by atoms with Crippen LogP contribution in [0.4, 0.5) is 14.5 Å². The Labute approximate surface area is 213 Å². The van der Waals surface area contributed by atoms with Gasteiger partial charge >= 0.3 is 0 Å². The van der Waals surface area contributed by atoms with E-state index in [2.05, 4.69) is 20.9 Å². The van der Waals surface area contributed by atoms with Gasteiger partial charge in [0.1, 0.15) is 18.2 Å². The van der Waals surface area contributed by atoms with E-state index in [1.54, 1.807) is 47.4 Å². The summed E-state index contributed by atoms with van der Waals surface area (Å²) in [5.74, 6) is -0.378. The molecule has 34 heavy (non-hydrogen) atoms. The maximum atomic E-state index is 13.2. The van der Waals surface area contributed by atoms with Crippen LogP contribution in [-0.4, -0.2) is 22.5 Å². The second-order valence-electron chi connectivity index (χ2n) is 7.26. The molecule has 174 valence electrons. The van der Waals surface area contributed by atoms with Crippen molar-refractivity contribution < 1.29 is 18.3 Å². The molecule has 9 heteroatoms. The first-order valence-corrected chi connectivity index (χ1v) is 12.2. The van der Waals surface area contributed by atoms with Gasteiger partial charge in [-0.2, -0.15) is 0 Å². The zero-order valence-electron chi connectivity index (χ0n) is 17.9. The third-order valence-corrected chi connectivity index (χ3v) is 6.75. The fourth-order valence-corrected chi connectivity index (χ4v) is 5.24. The fourth-order valence-electron chi connectivity index (χ4n) is 3.18. The minimum atomic E-state index is -0.348. The third kappa shape index (κ3) is 5.68. The molecule has 1 amide bonds. The number of benzene rings is 3. The lowest BCUT2D eigenvalue weighted by molar-refractivity contribution is -0.122. The number of hydrogen-bond acceptors (Lipinski definition) is 4. The minimum Gasteiger partial charge on any atom is -0.486 e. The molecule has 1 fully saturated rings. The van der Waals surface area contributed by atoms with Crippen LogP contribution >= 0.6 is 39.3 Å². The largest absolute Gasteiger partial charge is 0.486 e. The standard InChI is InChI=1S/C25H18BrClF2N2O2S/c1-2-31-24(32)22(34-25(31)30-19-9-7-18(29)8-10-19)13-16-11-20(26)23(21(27)12-16)33-14-15-3-5-17(28)6-4-15/h3-13H,2,14H2,1H3/b22-13+,30-25?. The normalized spacial score (nSPS) is 16.0. The molecule has 3 aromatic rings. The molecular formula is C25H18BrClF2N2O2S. The van der Waals surface area contributed by atoms with E-state index in [1.165, 1.54) is 36.0 Å². The summed E-state index contributed by atoms with van der Waals surface area (Å²) < 4.78 is 32.7. The van der Waals surface area contributed by atoms with Gasteiger partial charge in [0.25, 0.3) is 5.91 Å². The van der Waals surface area contributed by atoms with Gasteiger partial charge in [-0.1, -0.05) is 23.7 Å². The van der Waals surface area contributed by atoms with Crippen LogP contribution in [0.5, 0.6) is 5.75 Å². The molecular weight excluding hydrogens is 546 g/mol. The average Bonchev–Trinajstić information content (AvgIpc) is 3.09. The van der Waals surface area contributed by atoms with Gasteiger partial charge in [0.15, 0.2) is 10.9 Å². The zero-order valence-corrected chi connectivity index (χ0v) is 21.1. The number of aliphatic imine (C=N–C) groups is 1. The number of halogens is 4. The molecule has 4 nitrogen and oxygen atoms in total. The number of amidine groups is 1. The summed E-state index contributed by atoms with van der Waals surface area (Å²) in [4.78, 5) is 19.5. The number of amides is 1. The number of ether oxygens (including phenoxy) is 1. The summed E-state index contributed by atoms with van der Waals surface area (Å²) >= 11 is 11.2. The quantitative estimate of drug-likeness (QED) is 0.290. The van der Waals surface area contributed by atoms with E-state index < -0.39 is 0 Å². The molecule has 4 rings (SSSR count). The number of carbonyl (C=O) groups is 1. The van der Waals surface area contributed by atoms with E-state index >= 15 is 0 Å². The lowest BCUT2D eigenvalue weighted by Gasteiger charge is -2.12. The van der Waals surface area contributed by atoms with Crippen LogP contribution in [0.1, 0.15) is 18.1 Å². The molecule has 0 aromatic heterocycles. The molecule has 1 aliphatic rings. The van der Waals surface area contributed by atoms with Gasteiger partial charge in [-0.05, 0) is 100 Å². The number of likely N-dealkylation sites (N-methyl/N-ethyl adjacent to an activating group) is 1. The van der Waals surface area contributed by atoms with Gasteiger partial charge in [-0.3, -0.25) is 9.69 Å². The zero-order chi connectivity index (χ0) is 24.2. The van der Waals surface area contributed by atoms with Crippen molar-refractivity contribution >= 4 is 62.1 Å². The van der Waals surface area contributed by atoms with Crippen LogP contribution in [0, 0.1) is 11.6 Å². The molecule has 0 atom stereocenters. The number of rotatable bonds is 6. The van der Waals surface area contributed by atoms with Gasteiger partial charge in [-0.25, -0.2) is 13.8 Å². The number of carbonyl (C=O) groups excluding carboxylic acids is 1. The first-order chi connectivity index (χ1) is 16.3. The topological polar surface area (TPSA) is 41.9 Å². The Kier molecular flexibility index (Phi) is 7.70. The van der Waals surface area contributed by atoms with Crippen molar-refractivity contribution in [2.24, 2.45) is 4.99 Å². The number of nitrogens with zero attached hydrogens (tertiary/aromatic N) is 2. The maximum absolute atomic E-state index is 13.2. The molecule has 0 N–H and O–H groups in total. The molecule has 0 saturated carbocycles. The number of hydrogen-bond donors (Lipinski definition) is 0. The molecule has 0 spiro atoms. The van der Waals surface area contributed by atoms with E-state index in [9.17, 15) is 13.6 Å². The van der Waals surface area contributed by atoms with Crippen LogP contribution in [0.3, 0.4) is 0 Å². The van der Waals surface area contributed by atoms with Crippen molar-refractivity contribution in [2.45, 2.75) is 13.5 Å². The molecule has 1 heterocycles. The van der Waals surface area contributed by atoms with Crippen LogP contribution in [-0.2, 0) is 11.4 Å². The van der Waals surface area contributed by atoms with Gasteiger partial charge in [0, 0.05) is 6.54 Å². The molecule has 0 unspecified atom stereocenters. The highest BCUT2D eigenvalue weighted by Gasteiger charge is 2.32. The van der Waals surface area contributed by atoms with Gasteiger partial charge in [0.05, 0.1) is 20.1 Å². The van der Waals surface area contributed by atoms with E-state index in [4.69, 9.17) is 16.3 Å².